The maximum Gasteiger partial charge on any atom is 0.249 e. The van der Waals surface area contributed by atoms with Crippen molar-refractivity contribution in [3.63, 3.8) is 0 Å². The Balaban J connectivity index is 1.98. The number of hydrogen-bond acceptors (Lipinski definition) is 6. The average molecular weight is 318 g/mol. The van der Waals surface area contributed by atoms with E-state index in [9.17, 15) is 9.59 Å². The van der Waals surface area contributed by atoms with Crippen molar-refractivity contribution in [2.75, 3.05) is 14.2 Å². The van der Waals surface area contributed by atoms with Gasteiger partial charge in [0.25, 0.3) is 0 Å². The van der Waals surface area contributed by atoms with E-state index in [1.54, 1.807) is 25.1 Å². The second-order valence-electron chi connectivity index (χ2n) is 4.86. The van der Waals surface area contributed by atoms with E-state index in [4.69, 9.17) is 9.47 Å². The first kappa shape index (κ1) is 16.5. The summed E-state index contributed by atoms with van der Waals surface area (Å²) in [5.41, 5.74) is 5.96. The van der Waals surface area contributed by atoms with Crippen LogP contribution in [0.25, 0.3) is 0 Å². The number of nitrogens with zero attached hydrogens (tertiary/aromatic N) is 2. The van der Waals surface area contributed by atoms with Gasteiger partial charge >= 0.3 is 0 Å². The number of methoxy groups -OCH3 is 2. The fraction of sp³-hybridized carbons (Fsp3) is 0.333. The van der Waals surface area contributed by atoms with Gasteiger partial charge < -0.3 is 9.47 Å². The second-order valence-corrected chi connectivity index (χ2v) is 4.86. The van der Waals surface area contributed by atoms with Crippen LogP contribution in [-0.4, -0.2) is 38.0 Å². The number of hydrogen-bond donors (Lipinski definition) is 2. The van der Waals surface area contributed by atoms with Gasteiger partial charge in [0.1, 0.15) is 0 Å². The van der Waals surface area contributed by atoms with Crippen molar-refractivity contribution in [3.8, 4) is 11.5 Å². The van der Waals surface area contributed by atoms with Crippen molar-refractivity contribution in [1.82, 2.24) is 10.9 Å². The number of benzene rings is 1. The zero-order valence-electron chi connectivity index (χ0n) is 13.1. The first-order chi connectivity index (χ1) is 11.1. The number of carbonyl (C=O) groups is 2. The zero-order chi connectivity index (χ0) is 16.8. The van der Waals surface area contributed by atoms with Crippen LogP contribution < -0.4 is 20.3 Å². The lowest BCUT2D eigenvalue weighted by Gasteiger charge is -2.09. The van der Waals surface area contributed by atoms with Gasteiger partial charge in [-0.1, -0.05) is 6.07 Å². The average Bonchev–Trinajstić information content (AvgIpc) is 2.86. The molecule has 23 heavy (non-hydrogen) atoms. The van der Waals surface area contributed by atoms with Gasteiger partial charge in [0.15, 0.2) is 11.5 Å². The van der Waals surface area contributed by atoms with Crippen LogP contribution in [0.2, 0.25) is 0 Å². The van der Waals surface area contributed by atoms with E-state index < -0.39 is 5.92 Å². The minimum atomic E-state index is -0.545. The van der Waals surface area contributed by atoms with Gasteiger partial charge in [-0.15, -0.1) is 0 Å². The Morgan fingerprint density at radius 2 is 2.22 bits per heavy atom. The van der Waals surface area contributed by atoms with Gasteiger partial charge in [-0.05, 0) is 19.1 Å². The topological polar surface area (TPSA) is 101 Å². The molecule has 1 aliphatic rings. The number of ether oxygens (including phenoxy) is 2. The van der Waals surface area contributed by atoms with Crippen LogP contribution in [0.15, 0.2) is 28.4 Å². The Labute approximate surface area is 133 Å². The van der Waals surface area contributed by atoms with Gasteiger partial charge in [0.05, 0.1) is 26.4 Å². The van der Waals surface area contributed by atoms with E-state index in [1.807, 2.05) is 0 Å². The molecule has 0 saturated carbocycles. The van der Waals surface area contributed by atoms with Crippen LogP contribution >= 0.6 is 0 Å². The molecule has 2 amide bonds. The molecule has 0 aliphatic carbocycles. The highest BCUT2D eigenvalue weighted by Crippen LogP contribution is 2.29. The van der Waals surface area contributed by atoms with E-state index in [0.29, 0.717) is 22.8 Å². The Morgan fingerprint density at radius 1 is 1.43 bits per heavy atom. The number of amides is 2. The van der Waals surface area contributed by atoms with E-state index in [0.717, 1.165) is 0 Å². The molecule has 0 bridgehead atoms. The van der Waals surface area contributed by atoms with Crippen LogP contribution in [0.5, 0.6) is 11.5 Å². The Kier molecular flexibility index (Phi) is 5.29. The first-order valence-corrected chi connectivity index (χ1v) is 6.93. The zero-order valence-corrected chi connectivity index (χ0v) is 13.1. The van der Waals surface area contributed by atoms with Crippen molar-refractivity contribution in [2.45, 2.75) is 13.3 Å². The second kappa shape index (κ2) is 7.39. The van der Waals surface area contributed by atoms with Crippen LogP contribution in [-0.2, 0) is 9.59 Å². The summed E-state index contributed by atoms with van der Waals surface area (Å²) >= 11 is 0. The van der Waals surface area contributed by atoms with E-state index in [1.165, 1.54) is 20.4 Å². The molecule has 0 radical (unpaired) electrons. The maximum absolute atomic E-state index is 11.8. The van der Waals surface area contributed by atoms with Crippen LogP contribution in [0.1, 0.15) is 18.9 Å². The van der Waals surface area contributed by atoms with E-state index >= 15 is 0 Å². The lowest BCUT2D eigenvalue weighted by atomic mass is 10.0. The third kappa shape index (κ3) is 3.85. The minimum Gasteiger partial charge on any atom is -0.493 e. The molecule has 1 aliphatic heterocycles. The summed E-state index contributed by atoms with van der Waals surface area (Å²) in [4.78, 5) is 23.3. The van der Waals surface area contributed by atoms with Gasteiger partial charge in [-0.25, -0.2) is 10.9 Å². The quantitative estimate of drug-likeness (QED) is 0.594. The lowest BCUT2D eigenvalue weighted by molar-refractivity contribution is -0.127. The molecular weight excluding hydrogens is 300 g/mol. The van der Waals surface area contributed by atoms with Crippen molar-refractivity contribution in [1.29, 1.82) is 0 Å². The molecule has 8 heteroatoms. The number of carbonyl (C=O) groups excluding carboxylic acids is 2. The summed E-state index contributed by atoms with van der Waals surface area (Å²) in [6.45, 7) is 1.69. The molecule has 1 aromatic rings. The SMILES string of the molecule is COc1cccc(/C=N\NC(=O)C[C@@H]2C(=O)NN=C2C)c1OC. The number of rotatable bonds is 6. The third-order valence-electron chi connectivity index (χ3n) is 3.38. The molecule has 2 N–H and O–H groups in total. The summed E-state index contributed by atoms with van der Waals surface area (Å²) in [5.74, 6) is -0.115. The van der Waals surface area contributed by atoms with Crippen LogP contribution in [0.3, 0.4) is 0 Å². The van der Waals surface area contributed by atoms with Gasteiger partial charge in [-0.3, -0.25) is 9.59 Å². The summed E-state index contributed by atoms with van der Waals surface area (Å²) in [7, 11) is 3.06. The molecule has 0 saturated heterocycles. The highest BCUT2D eigenvalue weighted by atomic mass is 16.5. The molecule has 8 nitrogen and oxygen atoms in total. The number of hydrazone groups is 2. The normalized spacial score (nSPS) is 16.9. The highest BCUT2D eigenvalue weighted by Gasteiger charge is 2.28. The standard InChI is InChI=1S/C15H18N4O4/c1-9-11(15(21)19-17-9)7-13(20)18-16-8-10-5-4-6-12(22-2)14(10)23-3/h4-6,8,11H,7H2,1-3H3,(H,18,20)(H,19,21)/b16-8-/t11-/m0/s1. The van der Waals surface area contributed by atoms with Crippen molar-refractivity contribution < 1.29 is 19.1 Å². The van der Waals surface area contributed by atoms with E-state index in [-0.39, 0.29) is 18.2 Å². The van der Waals surface area contributed by atoms with Crippen LogP contribution in [0, 0.1) is 5.92 Å². The molecule has 1 heterocycles. The summed E-state index contributed by atoms with van der Waals surface area (Å²) in [5, 5.41) is 7.68. The molecule has 0 spiro atoms. The van der Waals surface area contributed by atoms with Gasteiger partial charge in [0, 0.05) is 17.7 Å². The largest absolute Gasteiger partial charge is 0.493 e. The first-order valence-electron chi connectivity index (χ1n) is 6.93. The monoisotopic (exact) mass is 318 g/mol. The number of nitrogens with one attached hydrogen (secondary N) is 2. The lowest BCUT2D eigenvalue weighted by Crippen LogP contribution is -2.29. The summed E-state index contributed by atoms with van der Waals surface area (Å²) in [6, 6.07) is 5.32. The fourth-order valence-corrected chi connectivity index (χ4v) is 2.15. The highest BCUT2D eigenvalue weighted by molar-refractivity contribution is 6.09. The third-order valence-corrected chi connectivity index (χ3v) is 3.38. The van der Waals surface area contributed by atoms with Crippen molar-refractivity contribution >= 4 is 23.7 Å². The van der Waals surface area contributed by atoms with Crippen LogP contribution in [0.4, 0.5) is 0 Å². The smallest absolute Gasteiger partial charge is 0.249 e. The fourth-order valence-electron chi connectivity index (χ4n) is 2.15. The minimum absolute atomic E-state index is 0.00620. The predicted molar refractivity (Wildman–Crippen MR) is 84.6 cm³/mol. The molecule has 0 unspecified atom stereocenters. The molecule has 1 atom stereocenters. The van der Waals surface area contributed by atoms with Crippen molar-refractivity contribution in [2.24, 2.45) is 16.1 Å². The molecule has 0 aromatic heterocycles. The molecule has 1 aromatic carbocycles. The van der Waals surface area contributed by atoms with E-state index in [2.05, 4.69) is 21.1 Å². The summed E-state index contributed by atoms with van der Waals surface area (Å²) < 4.78 is 10.4. The van der Waals surface area contributed by atoms with Gasteiger partial charge in [-0.2, -0.15) is 10.2 Å². The van der Waals surface area contributed by atoms with Gasteiger partial charge in [0.2, 0.25) is 11.8 Å². The maximum atomic E-state index is 11.8. The number of para-hydroxylation sites is 1. The molecule has 0 fully saturated rings. The molecular formula is C15H18N4O4. The Hall–Kier alpha value is -2.90. The summed E-state index contributed by atoms with van der Waals surface area (Å²) in [6.07, 6.45) is 1.45. The van der Waals surface area contributed by atoms with Crippen molar-refractivity contribution in [3.05, 3.63) is 23.8 Å². The Bertz CT molecular complexity index is 669. The Morgan fingerprint density at radius 3 is 2.83 bits per heavy atom. The molecule has 2 rings (SSSR count). The molecule has 122 valence electrons. The predicted octanol–water partition coefficient (Wildman–Crippen LogP) is 0.666.